The van der Waals surface area contributed by atoms with Crippen molar-refractivity contribution in [3.63, 3.8) is 0 Å². The predicted octanol–water partition coefficient (Wildman–Crippen LogP) is 2.76. The number of para-hydroxylation sites is 2. The summed E-state index contributed by atoms with van der Waals surface area (Å²) in [6.45, 7) is 4.38. The molecule has 0 amide bonds. The fourth-order valence-electron chi connectivity index (χ4n) is 1.49. The first kappa shape index (κ1) is 12.6. The molecule has 1 aliphatic rings. The molecule has 0 atom stereocenters. The van der Waals surface area contributed by atoms with E-state index in [2.05, 4.69) is 62.6 Å². The number of hydrogen-bond donors (Lipinski definition) is 1. The molecule has 0 spiro atoms. The minimum atomic E-state index is 0.533. The van der Waals surface area contributed by atoms with E-state index < -0.39 is 0 Å². The van der Waals surface area contributed by atoms with Crippen molar-refractivity contribution in [2.75, 3.05) is 9.03 Å². The SMILES string of the molecule is CC(C)N1SNc2ccccc21.c1cnnnc1. The van der Waals surface area contributed by atoms with E-state index in [0.29, 0.717) is 6.04 Å². The fraction of sp³-hybridized carbons (Fsp3) is 0.250. The summed E-state index contributed by atoms with van der Waals surface area (Å²) >= 11 is 1.66. The maximum atomic E-state index is 3.42. The van der Waals surface area contributed by atoms with Crippen LogP contribution in [0.1, 0.15) is 13.8 Å². The lowest BCUT2D eigenvalue weighted by atomic mass is 10.2. The highest BCUT2D eigenvalue weighted by molar-refractivity contribution is 8.02. The number of nitrogens with zero attached hydrogens (tertiary/aromatic N) is 4. The average molecular weight is 261 g/mol. The van der Waals surface area contributed by atoms with E-state index >= 15 is 0 Å². The van der Waals surface area contributed by atoms with Crippen molar-refractivity contribution in [1.82, 2.24) is 15.4 Å². The van der Waals surface area contributed by atoms with Crippen LogP contribution in [0, 0.1) is 0 Å². The summed E-state index contributed by atoms with van der Waals surface area (Å²) in [6.07, 6.45) is 3.15. The van der Waals surface area contributed by atoms with E-state index in [1.54, 1.807) is 30.6 Å². The van der Waals surface area contributed by atoms with Gasteiger partial charge in [0.25, 0.3) is 0 Å². The van der Waals surface area contributed by atoms with Gasteiger partial charge in [0.15, 0.2) is 0 Å². The Morgan fingerprint density at radius 1 is 1.11 bits per heavy atom. The molecule has 6 heteroatoms. The van der Waals surface area contributed by atoms with E-state index in [1.807, 2.05) is 0 Å². The van der Waals surface area contributed by atoms with E-state index in [9.17, 15) is 0 Å². The van der Waals surface area contributed by atoms with Gasteiger partial charge in [0.05, 0.1) is 35.9 Å². The molecule has 2 heterocycles. The van der Waals surface area contributed by atoms with Crippen LogP contribution in [0.25, 0.3) is 0 Å². The van der Waals surface area contributed by atoms with Crippen LogP contribution in [0.2, 0.25) is 0 Å². The average Bonchev–Trinajstić information content (AvgIpc) is 2.85. The minimum Gasteiger partial charge on any atom is -0.310 e. The molecule has 0 saturated carbocycles. The first-order valence-corrected chi connectivity index (χ1v) is 6.46. The van der Waals surface area contributed by atoms with Gasteiger partial charge in [0, 0.05) is 6.04 Å². The van der Waals surface area contributed by atoms with Gasteiger partial charge in [-0.15, -0.1) is 10.2 Å². The molecule has 0 unspecified atom stereocenters. The monoisotopic (exact) mass is 261 g/mol. The first-order valence-electron chi connectivity index (χ1n) is 5.68. The molecule has 0 saturated heterocycles. The van der Waals surface area contributed by atoms with Crippen LogP contribution in [-0.4, -0.2) is 21.5 Å². The molecule has 94 valence electrons. The molecule has 0 bridgehead atoms. The lowest BCUT2D eigenvalue weighted by Crippen LogP contribution is -2.20. The minimum absolute atomic E-state index is 0.533. The summed E-state index contributed by atoms with van der Waals surface area (Å²) in [5.41, 5.74) is 2.51. The van der Waals surface area contributed by atoms with Gasteiger partial charge in [-0.1, -0.05) is 12.1 Å². The zero-order valence-electron chi connectivity index (χ0n) is 10.3. The zero-order valence-corrected chi connectivity index (χ0v) is 11.1. The maximum absolute atomic E-state index is 3.42. The number of benzene rings is 1. The molecule has 3 rings (SSSR count). The fourth-order valence-corrected chi connectivity index (χ4v) is 2.33. The second-order valence-electron chi connectivity index (χ2n) is 3.94. The Bertz CT molecular complexity index is 450. The van der Waals surface area contributed by atoms with Crippen molar-refractivity contribution in [1.29, 1.82) is 0 Å². The van der Waals surface area contributed by atoms with Crippen LogP contribution in [-0.2, 0) is 0 Å². The molecule has 18 heavy (non-hydrogen) atoms. The quantitative estimate of drug-likeness (QED) is 0.797. The highest BCUT2D eigenvalue weighted by Gasteiger charge is 2.20. The Balaban J connectivity index is 0.000000169. The van der Waals surface area contributed by atoms with Crippen LogP contribution in [0.3, 0.4) is 0 Å². The summed E-state index contributed by atoms with van der Waals surface area (Å²) in [5, 5.41) is 10.1. The number of aromatic nitrogens is 3. The Labute approximate surface area is 111 Å². The van der Waals surface area contributed by atoms with Crippen molar-refractivity contribution in [3.05, 3.63) is 42.7 Å². The summed E-state index contributed by atoms with van der Waals surface area (Å²) in [5.74, 6) is 0. The second-order valence-corrected chi connectivity index (χ2v) is 4.72. The van der Waals surface area contributed by atoms with Crippen molar-refractivity contribution in [2.24, 2.45) is 0 Å². The zero-order chi connectivity index (χ0) is 12.8. The predicted molar refractivity (Wildman–Crippen MR) is 75.1 cm³/mol. The van der Waals surface area contributed by atoms with Gasteiger partial charge in [-0.3, -0.25) is 4.31 Å². The molecule has 1 aromatic heterocycles. The highest BCUT2D eigenvalue weighted by Crippen LogP contribution is 2.39. The lowest BCUT2D eigenvalue weighted by Gasteiger charge is -2.19. The van der Waals surface area contributed by atoms with Gasteiger partial charge in [-0.05, 0) is 37.3 Å². The van der Waals surface area contributed by atoms with Crippen LogP contribution >= 0.6 is 12.1 Å². The van der Waals surface area contributed by atoms with Crippen molar-refractivity contribution < 1.29 is 0 Å². The van der Waals surface area contributed by atoms with Crippen LogP contribution in [0.5, 0.6) is 0 Å². The normalized spacial score (nSPS) is 12.5. The summed E-state index contributed by atoms with van der Waals surface area (Å²) < 4.78 is 5.55. The van der Waals surface area contributed by atoms with Crippen LogP contribution in [0.4, 0.5) is 11.4 Å². The van der Waals surface area contributed by atoms with E-state index in [4.69, 9.17) is 0 Å². The number of rotatable bonds is 1. The molecule has 0 fully saturated rings. The molecule has 0 radical (unpaired) electrons. The van der Waals surface area contributed by atoms with Crippen molar-refractivity contribution in [2.45, 2.75) is 19.9 Å². The smallest absolute Gasteiger partial charge is 0.0729 e. The van der Waals surface area contributed by atoms with Gasteiger partial charge < -0.3 is 4.72 Å². The first-order chi connectivity index (χ1) is 8.79. The van der Waals surface area contributed by atoms with Crippen molar-refractivity contribution >= 4 is 23.5 Å². The number of anilines is 2. The largest absolute Gasteiger partial charge is 0.310 e. The number of fused-ring (bicyclic) bond motifs is 1. The topological polar surface area (TPSA) is 53.9 Å². The van der Waals surface area contributed by atoms with Crippen LogP contribution in [0.15, 0.2) is 42.7 Å². The van der Waals surface area contributed by atoms with E-state index in [-0.39, 0.29) is 0 Å². The van der Waals surface area contributed by atoms with E-state index in [0.717, 1.165) is 0 Å². The van der Waals surface area contributed by atoms with Gasteiger partial charge in [0.1, 0.15) is 0 Å². The second kappa shape index (κ2) is 6.20. The number of nitrogens with one attached hydrogen (secondary N) is 1. The summed E-state index contributed by atoms with van der Waals surface area (Å²) in [7, 11) is 0. The molecule has 0 aliphatic carbocycles. The molecule has 1 aliphatic heterocycles. The molecule has 1 aromatic carbocycles. The van der Waals surface area contributed by atoms with E-state index in [1.165, 1.54) is 11.4 Å². The third-order valence-electron chi connectivity index (χ3n) is 2.27. The van der Waals surface area contributed by atoms with Crippen molar-refractivity contribution in [3.8, 4) is 0 Å². The van der Waals surface area contributed by atoms with Gasteiger partial charge >= 0.3 is 0 Å². The molecule has 5 nitrogen and oxygen atoms in total. The van der Waals surface area contributed by atoms with Crippen LogP contribution < -0.4 is 9.03 Å². The third-order valence-corrected chi connectivity index (χ3v) is 3.40. The summed E-state index contributed by atoms with van der Waals surface area (Å²) in [6, 6.07) is 10.6. The van der Waals surface area contributed by atoms with Gasteiger partial charge in [-0.25, -0.2) is 0 Å². The standard InChI is InChI=1S/C9H12N2S.C3H3N3/c1-7(2)11-9-6-4-3-5-8(9)10-12-11;1-2-4-6-5-3-1/h3-7,10H,1-2H3;1-3H. The lowest BCUT2D eigenvalue weighted by molar-refractivity contribution is 0.842. The summed E-state index contributed by atoms with van der Waals surface area (Å²) in [4.78, 5) is 0. The van der Waals surface area contributed by atoms with Gasteiger partial charge in [0.2, 0.25) is 0 Å². The molecule has 2 aromatic rings. The van der Waals surface area contributed by atoms with Gasteiger partial charge in [-0.2, -0.15) is 0 Å². The Hall–Kier alpha value is -1.82. The maximum Gasteiger partial charge on any atom is 0.0729 e. The molecular weight excluding hydrogens is 246 g/mol. The molecular formula is C12H15N5S. The highest BCUT2D eigenvalue weighted by atomic mass is 32.2. The Morgan fingerprint density at radius 2 is 1.83 bits per heavy atom. The molecule has 1 N–H and O–H groups in total. The third kappa shape index (κ3) is 3.10. The Morgan fingerprint density at radius 3 is 2.39 bits per heavy atom. The Kier molecular flexibility index (Phi) is 4.35. The number of hydrogen-bond acceptors (Lipinski definition) is 6.